The van der Waals surface area contributed by atoms with Crippen molar-refractivity contribution < 1.29 is 13.2 Å². The molecule has 0 N–H and O–H groups in total. The molecule has 0 unspecified atom stereocenters. The number of para-hydroxylation sites is 2. The number of amides is 1. The number of carbonyl (C=O) groups is 1. The number of hydrogen-bond donors (Lipinski definition) is 0. The number of nitrogens with zero attached hydrogens (tertiary/aromatic N) is 3. The molecule has 1 amide bonds. The van der Waals surface area contributed by atoms with Gasteiger partial charge in [0.25, 0.3) is 15.9 Å². The van der Waals surface area contributed by atoms with Gasteiger partial charge in [-0.1, -0.05) is 53.8 Å². The van der Waals surface area contributed by atoms with E-state index in [2.05, 4.69) is 11.6 Å². The van der Waals surface area contributed by atoms with Crippen molar-refractivity contribution in [2.24, 2.45) is 0 Å². The zero-order chi connectivity index (χ0) is 23.4. The van der Waals surface area contributed by atoms with Gasteiger partial charge in [-0.15, -0.1) is 6.58 Å². The minimum atomic E-state index is -3.91. The molecule has 0 saturated carbocycles. The van der Waals surface area contributed by atoms with E-state index in [1.54, 1.807) is 41.3 Å². The Bertz CT molecular complexity index is 1370. The lowest BCUT2D eigenvalue weighted by Gasteiger charge is -2.23. The van der Waals surface area contributed by atoms with Crippen LogP contribution in [0.4, 0.5) is 10.8 Å². The molecule has 0 aliphatic carbocycles. The third-order valence-electron chi connectivity index (χ3n) is 5.08. The Labute approximate surface area is 197 Å². The van der Waals surface area contributed by atoms with Crippen LogP contribution in [0, 0.1) is 0 Å². The predicted octanol–water partition coefficient (Wildman–Crippen LogP) is 5.34. The summed E-state index contributed by atoms with van der Waals surface area (Å²) in [6.45, 7) is 6.07. The van der Waals surface area contributed by atoms with Gasteiger partial charge in [-0.3, -0.25) is 14.0 Å². The first-order valence-corrected chi connectivity index (χ1v) is 12.7. The van der Waals surface area contributed by atoms with Gasteiger partial charge in [-0.05, 0) is 49.4 Å². The molecule has 0 aliphatic heterocycles. The lowest BCUT2D eigenvalue weighted by atomic mass is 10.2. The lowest BCUT2D eigenvalue weighted by molar-refractivity contribution is 0.0988. The average molecular weight is 478 g/mol. The number of aromatic nitrogens is 1. The Morgan fingerprint density at radius 1 is 1.03 bits per heavy atom. The van der Waals surface area contributed by atoms with Gasteiger partial charge in [-0.25, -0.2) is 13.4 Å². The average Bonchev–Trinajstić information content (AvgIpc) is 3.27. The molecule has 0 radical (unpaired) electrons. The zero-order valence-corrected chi connectivity index (χ0v) is 19.7. The van der Waals surface area contributed by atoms with Crippen LogP contribution < -0.4 is 9.21 Å². The van der Waals surface area contributed by atoms with Crippen LogP contribution in [0.5, 0.6) is 0 Å². The Morgan fingerprint density at radius 2 is 1.76 bits per heavy atom. The van der Waals surface area contributed by atoms with Gasteiger partial charge in [0, 0.05) is 12.1 Å². The Kier molecular flexibility index (Phi) is 6.57. The van der Waals surface area contributed by atoms with Crippen molar-refractivity contribution in [1.29, 1.82) is 0 Å². The first-order valence-electron chi connectivity index (χ1n) is 10.4. The van der Waals surface area contributed by atoms with Gasteiger partial charge < -0.3 is 0 Å². The fourth-order valence-electron chi connectivity index (χ4n) is 3.47. The van der Waals surface area contributed by atoms with Crippen LogP contribution in [-0.4, -0.2) is 32.4 Å². The number of thiazole rings is 1. The molecule has 0 spiro atoms. The third kappa shape index (κ3) is 4.53. The molecular weight excluding hydrogens is 454 g/mol. The summed E-state index contributed by atoms with van der Waals surface area (Å²) in [5, 5.41) is 0.578. The molecule has 33 heavy (non-hydrogen) atoms. The smallest absolute Gasteiger partial charge is 0.264 e. The van der Waals surface area contributed by atoms with E-state index in [-0.39, 0.29) is 22.9 Å². The van der Waals surface area contributed by atoms with E-state index in [4.69, 9.17) is 0 Å². The molecule has 0 bridgehead atoms. The maximum Gasteiger partial charge on any atom is 0.264 e. The maximum absolute atomic E-state index is 13.5. The topological polar surface area (TPSA) is 70.6 Å². The molecular formula is C25H23N3O3S2. The van der Waals surface area contributed by atoms with Crippen LogP contribution in [0.15, 0.2) is 96.4 Å². The number of sulfonamides is 1. The number of fused-ring (bicyclic) bond motifs is 1. The normalized spacial score (nSPS) is 11.3. The predicted molar refractivity (Wildman–Crippen MR) is 135 cm³/mol. The fourth-order valence-corrected chi connectivity index (χ4v) is 5.98. The number of rotatable bonds is 8. The molecule has 0 saturated heterocycles. The van der Waals surface area contributed by atoms with Gasteiger partial charge in [0.15, 0.2) is 5.13 Å². The third-order valence-corrected chi connectivity index (χ3v) is 7.93. The largest absolute Gasteiger partial charge is 0.284 e. The minimum absolute atomic E-state index is 0.0411. The second-order valence-electron chi connectivity index (χ2n) is 7.20. The molecule has 168 valence electrons. The summed E-state index contributed by atoms with van der Waals surface area (Å²) in [6, 6.07) is 22.6. The van der Waals surface area contributed by atoms with E-state index >= 15 is 0 Å². The van der Waals surface area contributed by atoms with Crippen molar-refractivity contribution in [2.45, 2.75) is 11.8 Å². The van der Waals surface area contributed by atoms with Crippen LogP contribution in [0.25, 0.3) is 10.2 Å². The summed E-state index contributed by atoms with van der Waals surface area (Å²) in [5.74, 6) is -0.302. The molecule has 0 fully saturated rings. The van der Waals surface area contributed by atoms with Gasteiger partial charge >= 0.3 is 0 Å². The van der Waals surface area contributed by atoms with E-state index in [0.29, 0.717) is 17.4 Å². The van der Waals surface area contributed by atoms with E-state index in [9.17, 15) is 13.2 Å². The maximum atomic E-state index is 13.5. The van der Waals surface area contributed by atoms with E-state index in [1.165, 1.54) is 33.9 Å². The van der Waals surface area contributed by atoms with Crippen LogP contribution in [0.2, 0.25) is 0 Å². The first kappa shape index (κ1) is 22.7. The summed E-state index contributed by atoms with van der Waals surface area (Å²) in [7, 11) is -3.91. The Hall–Kier alpha value is -3.49. The van der Waals surface area contributed by atoms with Crippen LogP contribution in [0.1, 0.15) is 17.3 Å². The number of anilines is 2. The van der Waals surface area contributed by atoms with Gasteiger partial charge in [-0.2, -0.15) is 0 Å². The highest BCUT2D eigenvalue weighted by atomic mass is 32.2. The second-order valence-corrected chi connectivity index (χ2v) is 10.1. The molecule has 1 aromatic heterocycles. The summed E-state index contributed by atoms with van der Waals surface area (Å²) >= 11 is 1.43. The zero-order valence-electron chi connectivity index (χ0n) is 18.1. The van der Waals surface area contributed by atoms with Gasteiger partial charge in [0.05, 0.1) is 27.3 Å². The molecule has 1 heterocycles. The Balaban J connectivity index is 1.70. The standard InChI is InChI=1S/C25H23N3O3S2/c1-3-17-28(20-12-6-5-7-13-20)33(30,31)21-14-10-11-19(18-21)24(29)27(4-2)25-26-22-15-8-9-16-23(22)32-25/h3,5-16,18H,1,4,17H2,2H3. The molecule has 4 aromatic rings. The number of carbonyl (C=O) groups excluding carboxylic acids is 1. The van der Waals surface area contributed by atoms with Gasteiger partial charge in [0.2, 0.25) is 0 Å². The monoisotopic (exact) mass is 477 g/mol. The molecule has 3 aromatic carbocycles. The number of benzene rings is 3. The van der Waals surface area contributed by atoms with Gasteiger partial charge in [0.1, 0.15) is 0 Å². The van der Waals surface area contributed by atoms with E-state index < -0.39 is 10.0 Å². The highest BCUT2D eigenvalue weighted by Gasteiger charge is 2.26. The van der Waals surface area contributed by atoms with Crippen molar-refractivity contribution in [3.63, 3.8) is 0 Å². The van der Waals surface area contributed by atoms with E-state index in [1.807, 2.05) is 37.3 Å². The highest BCUT2D eigenvalue weighted by Crippen LogP contribution is 2.30. The molecule has 4 rings (SSSR count). The first-order chi connectivity index (χ1) is 16.0. The van der Waals surface area contributed by atoms with Crippen LogP contribution in [-0.2, 0) is 10.0 Å². The van der Waals surface area contributed by atoms with Crippen molar-refractivity contribution in [1.82, 2.24) is 4.98 Å². The van der Waals surface area contributed by atoms with Crippen molar-refractivity contribution in [3.05, 3.63) is 97.1 Å². The molecule has 8 heteroatoms. The fraction of sp³-hybridized carbons (Fsp3) is 0.120. The molecule has 0 atom stereocenters. The highest BCUT2D eigenvalue weighted by molar-refractivity contribution is 7.92. The SMILES string of the molecule is C=CCN(c1ccccc1)S(=O)(=O)c1cccc(C(=O)N(CC)c2nc3ccccc3s2)c1. The minimum Gasteiger partial charge on any atom is -0.284 e. The van der Waals surface area contributed by atoms with Crippen molar-refractivity contribution in [2.75, 3.05) is 22.3 Å². The summed E-state index contributed by atoms with van der Waals surface area (Å²) in [5.41, 5.74) is 1.63. The summed E-state index contributed by atoms with van der Waals surface area (Å²) in [6.07, 6.45) is 1.53. The molecule has 0 aliphatic rings. The van der Waals surface area contributed by atoms with Crippen molar-refractivity contribution in [3.8, 4) is 0 Å². The quantitative estimate of drug-likeness (QED) is 0.321. The Morgan fingerprint density at radius 3 is 2.45 bits per heavy atom. The lowest BCUT2D eigenvalue weighted by Crippen LogP contribution is -2.32. The molecule has 6 nitrogen and oxygen atoms in total. The van der Waals surface area contributed by atoms with E-state index in [0.717, 1.165) is 10.2 Å². The van der Waals surface area contributed by atoms with Crippen LogP contribution >= 0.6 is 11.3 Å². The van der Waals surface area contributed by atoms with Crippen molar-refractivity contribution >= 4 is 48.3 Å². The second kappa shape index (κ2) is 9.56. The summed E-state index contributed by atoms with van der Waals surface area (Å²) < 4.78 is 29.2. The summed E-state index contributed by atoms with van der Waals surface area (Å²) in [4.78, 5) is 19.6. The van der Waals surface area contributed by atoms with Crippen LogP contribution in [0.3, 0.4) is 0 Å². The number of hydrogen-bond acceptors (Lipinski definition) is 5.